The van der Waals surface area contributed by atoms with Crippen LogP contribution in [0.2, 0.25) is 5.02 Å². The Labute approximate surface area is 184 Å². The first-order valence-electron chi connectivity index (χ1n) is 9.30. The summed E-state index contributed by atoms with van der Waals surface area (Å²) in [7, 11) is 0. The van der Waals surface area contributed by atoms with E-state index in [1.54, 1.807) is 12.1 Å². The second-order valence-electron chi connectivity index (χ2n) is 6.85. The van der Waals surface area contributed by atoms with Gasteiger partial charge in [0.2, 0.25) is 5.91 Å². The Hall–Kier alpha value is -2.90. The summed E-state index contributed by atoms with van der Waals surface area (Å²) in [6, 6.07) is 11.4. The van der Waals surface area contributed by atoms with Gasteiger partial charge in [-0.05, 0) is 42.7 Å². The van der Waals surface area contributed by atoms with Gasteiger partial charge in [0.1, 0.15) is 5.75 Å². The average Bonchev–Trinajstić information content (AvgIpc) is 3.17. The number of aryl methyl sites for hydroxylation is 2. The maximum atomic E-state index is 12.2. The molecule has 0 spiro atoms. The van der Waals surface area contributed by atoms with Crippen molar-refractivity contribution in [3.8, 4) is 17.0 Å². The highest BCUT2D eigenvalue weighted by molar-refractivity contribution is 7.14. The zero-order valence-electron chi connectivity index (χ0n) is 16.9. The third-order valence-corrected chi connectivity index (χ3v) is 5.68. The van der Waals surface area contributed by atoms with E-state index in [2.05, 4.69) is 15.6 Å². The first-order valence-corrected chi connectivity index (χ1v) is 10.6. The van der Waals surface area contributed by atoms with Crippen molar-refractivity contribution in [2.45, 2.75) is 27.3 Å². The van der Waals surface area contributed by atoms with E-state index in [1.165, 1.54) is 18.3 Å². The first-order chi connectivity index (χ1) is 14.3. The van der Waals surface area contributed by atoms with Gasteiger partial charge in [-0.25, -0.2) is 4.98 Å². The highest BCUT2D eigenvalue weighted by Crippen LogP contribution is 2.27. The molecule has 0 unspecified atom stereocenters. The lowest BCUT2D eigenvalue weighted by molar-refractivity contribution is -0.119. The van der Waals surface area contributed by atoms with Gasteiger partial charge >= 0.3 is 0 Å². The van der Waals surface area contributed by atoms with Crippen LogP contribution in [0.25, 0.3) is 11.3 Å². The summed E-state index contributed by atoms with van der Waals surface area (Å²) in [5.41, 5.74) is 4.51. The number of ether oxygens (including phenoxy) is 1. The molecule has 0 aliphatic carbocycles. The van der Waals surface area contributed by atoms with Crippen LogP contribution in [0.15, 0.2) is 41.8 Å². The van der Waals surface area contributed by atoms with Crippen molar-refractivity contribution in [2.24, 2.45) is 0 Å². The molecule has 3 aromatic rings. The van der Waals surface area contributed by atoms with Gasteiger partial charge in [0.15, 0.2) is 11.7 Å². The number of rotatable bonds is 7. The van der Waals surface area contributed by atoms with Crippen LogP contribution in [0, 0.1) is 13.8 Å². The van der Waals surface area contributed by atoms with Gasteiger partial charge in [-0.1, -0.05) is 35.9 Å². The van der Waals surface area contributed by atoms with Crippen LogP contribution in [0.5, 0.6) is 5.75 Å². The second-order valence-corrected chi connectivity index (χ2v) is 8.09. The van der Waals surface area contributed by atoms with E-state index < -0.39 is 0 Å². The summed E-state index contributed by atoms with van der Waals surface area (Å²) in [6.07, 6.45) is 0. The van der Waals surface area contributed by atoms with Crippen LogP contribution in [0.3, 0.4) is 0 Å². The molecular weight excluding hydrogens is 422 g/mol. The van der Waals surface area contributed by atoms with E-state index in [9.17, 15) is 9.59 Å². The van der Waals surface area contributed by atoms with Gasteiger partial charge < -0.3 is 10.1 Å². The van der Waals surface area contributed by atoms with Crippen molar-refractivity contribution in [1.29, 1.82) is 0 Å². The normalized spacial score (nSPS) is 10.5. The largest absolute Gasteiger partial charge is 0.484 e. The molecule has 0 saturated heterocycles. The maximum Gasteiger partial charge on any atom is 0.264 e. The summed E-state index contributed by atoms with van der Waals surface area (Å²) in [5.74, 6) is 0.250. The van der Waals surface area contributed by atoms with Crippen molar-refractivity contribution in [3.63, 3.8) is 0 Å². The molecule has 3 rings (SSSR count). The van der Waals surface area contributed by atoms with E-state index in [0.29, 0.717) is 22.4 Å². The number of benzene rings is 2. The molecule has 2 N–H and O–H groups in total. The van der Waals surface area contributed by atoms with Gasteiger partial charge in [-0.3, -0.25) is 14.9 Å². The quantitative estimate of drug-likeness (QED) is 0.553. The molecule has 30 heavy (non-hydrogen) atoms. The molecular formula is C22H22ClN3O3S. The molecule has 0 radical (unpaired) electrons. The Balaban J connectivity index is 1.56. The molecule has 2 amide bonds. The van der Waals surface area contributed by atoms with Crippen LogP contribution >= 0.6 is 22.9 Å². The third-order valence-electron chi connectivity index (χ3n) is 4.32. The number of halogens is 1. The molecule has 0 bridgehead atoms. The van der Waals surface area contributed by atoms with E-state index in [0.717, 1.165) is 27.9 Å². The van der Waals surface area contributed by atoms with E-state index in [1.807, 2.05) is 43.5 Å². The van der Waals surface area contributed by atoms with Gasteiger partial charge in [0, 0.05) is 29.4 Å². The fourth-order valence-corrected chi connectivity index (χ4v) is 3.62. The maximum absolute atomic E-state index is 12.2. The molecule has 0 aliphatic heterocycles. The second kappa shape index (κ2) is 9.73. The Bertz CT molecular complexity index is 1040. The molecule has 1 aromatic heterocycles. The fraction of sp³-hybridized carbons (Fsp3) is 0.227. The minimum atomic E-state index is -0.285. The number of thiazole rings is 1. The predicted molar refractivity (Wildman–Crippen MR) is 120 cm³/mol. The number of hydrogen-bond donors (Lipinski definition) is 2. The van der Waals surface area contributed by atoms with E-state index >= 15 is 0 Å². The Kier molecular flexibility index (Phi) is 7.07. The highest BCUT2D eigenvalue weighted by atomic mass is 35.5. The molecule has 2 aromatic carbocycles. The van der Waals surface area contributed by atoms with E-state index in [4.69, 9.17) is 16.3 Å². The number of amides is 2. The first kappa shape index (κ1) is 21.8. The molecule has 0 fully saturated rings. The zero-order valence-corrected chi connectivity index (χ0v) is 18.5. The van der Waals surface area contributed by atoms with Crippen LogP contribution in [0.1, 0.15) is 23.6 Å². The molecule has 0 aliphatic rings. The van der Waals surface area contributed by atoms with Crippen LogP contribution in [0.4, 0.5) is 5.13 Å². The monoisotopic (exact) mass is 443 g/mol. The SMILES string of the molecule is CC(=O)NCc1ccc(-c2csc(NC(=O)COc3cc(C)c(Cl)c(C)c3)n2)cc1. The number of nitrogens with zero attached hydrogens (tertiary/aromatic N) is 1. The van der Waals surface area contributed by atoms with Gasteiger partial charge in [0.05, 0.1) is 5.69 Å². The lowest BCUT2D eigenvalue weighted by Gasteiger charge is -2.09. The Morgan fingerprint density at radius 3 is 2.43 bits per heavy atom. The van der Waals surface area contributed by atoms with Crippen molar-refractivity contribution in [3.05, 3.63) is 63.5 Å². The highest BCUT2D eigenvalue weighted by Gasteiger charge is 2.10. The minimum absolute atomic E-state index is 0.0655. The summed E-state index contributed by atoms with van der Waals surface area (Å²) in [4.78, 5) is 27.7. The summed E-state index contributed by atoms with van der Waals surface area (Å²) >= 11 is 7.50. The summed E-state index contributed by atoms with van der Waals surface area (Å²) < 4.78 is 5.58. The zero-order chi connectivity index (χ0) is 21.7. The predicted octanol–water partition coefficient (Wildman–Crippen LogP) is 4.73. The molecule has 8 heteroatoms. The Morgan fingerprint density at radius 1 is 1.13 bits per heavy atom. The van der Waals surface area contributed by atoms with Crippen molar-refractivity contribution in [1.82, 2.24) is 10.3 Å². The van der Waals surface area contributed by atoms with Gasteiger partial charge in [0.25, 0.3) is 5.91 Å². The average molecular weight is 444 g/mol. The number of hydrogen-bond acceptors (Lipinski definition) is 5. The number of carbonyl (C=O) groups is 2. The molecule has 0 atom stereocenters. The van der Waals surface area contributed by atoms with Crippen molar-refractivity contribution >= 4 is 39.9 Å². The molecule has 0 saturated carbocycles. The molecule has 156 valence electrons. The lowest BCUT2D eigenvalue weighted by Crippen LogP contribution is -2.20. The minimum Gasteiger partial charge on any atom is -0.484 e. The van der Waals surface area contributed by atoms with E-state index in [-0.39, 0.29) is 18.4 Å². The van der Waals surface area contributed by atoms with Gasteiger partial charge in [-0.15, -0.1) is 11.3 Å². The standard InChI is InChI=1S/C22H22ClN3O3S/c1-13-8-18(9-14(2)21(13)23)29-11-20(28)26-22-25-19(12-30-22)17-6-4-16(5-7-17)10-24-15(3)27/h4-9,12H,10-11H2,1-3H3,(H,24,27)(H,25,26,28). The number of aromatic nitrogens is 1. The fourth-order valence-electron chi connectivity index (χ4n) is 2.78. The van der Waals surface area contributed by atoms with Crippen LogP contribution < -0.4 is 15.4 Å². The summed E-state index contributed by atoms with van der Waals surface area (Å²) in [6.45, 7) is 5.65. The Morgan fingerprint density at radius 2 is 1.80 bits per heavy atom. The van der Waals surface area contributed by atoms with Crippen LogP contribution in [-0.2, 0) is 16.1 Å². The van der Waals surface area contributed by atoms with Gasteiger partial charge in [-0.2, -0.15) is 0 Å². The van der Waals surface area contributed by atoms with Crippen molar-refractivity contribution < 1.29 is 14.3 Å². The van der Waals surface area contributed by atoms with Crippen LogP contribution in [-0.4, -0.2) is 23.4 Å². The number of anilines is 1. The summed E-state index contributed by atoms with van der Waals surface area (Å²) in [5, 5.41) is 8.60. The number of carbonyl (C=O) groups excluding carboxylic acids is 2. The number of nitrogens with one attached hydrogen (secondary N) is 2. The topological polar surface area (TPSA) is 80.3 Å². The third kappa shape index (κ3) is 5.81. The lowest BCUT2D eigenvalue weighted by atomic mass is 10.1. The molecule has 6 nitrogen and oxygen atoms in total. The van der Waals surface area contributed by atoms with Crippen molar-refractivity contribution in [2.75, 3.05) is 11.9 Å². The molecule has 1 heterocycles. The smallest absolute Gasteiger partial charge is 0.264 e.